The highest BCUT2D eigenvalue weighted by atomic mass is 16.7. The Bertz CT molecular complexity index is 758. The maximum atomic E-state index is 12.3. The van der Waals surface area contributed by atoms with E-state index in [9.17, 15) is 24.5 Å². The van der Waals surface area contributed by atoms with Crippen molar-refractivity contribution in [1.29, 1.82) is 0 Å². The Kier molecular flexibility index (Phi) is 5.99. The number of esters is 2. The molecule has 1 atom stereocenters. The molecule has 0 saturated heterocycles. The van der Waals surface area contributed by atoms with E-state index in [4.69, 9.17) is 14.1 Å². The second-order valence-corrected chi connectivity index (χ2v) is 7.20. The highest BCUT2D eigenvalue weighted by Crippen LogP contribution is 2.36. The van der Waals surface area contributed by atoms with Gasteiger partial charge in [-0.05, 0) is 38.8 Å². The molecule has 0 bridgehead atoms. The molecule has 0 radical (unpaired) electrons. The minimum atomic E-state index is -1.41. The van der Waals surface area contributed by atoms with Crippen molar-refractivity contribution in [3.05, 3.63) is 23.3 Å². The van der Waals surface area contributed by atoms with Crippen LogP contribution < -0.4 is 9.97 Å². The first kappa shape index (κ1) is 20.6. The van der Waals surface area contributed by atoms with Crippen LogP contribution in [-0.2, 0) is 25.5 Å². The summed E-state index contributed by atoms with van der Waals surface area (Å²) in [5.74, 6) is -3.03. The van der Waals surface area contributed by atoms with Gasteiger partial charge >= 0.3 is 19.1 Å². The van der Waals surface area contributed by atoms with Crippen molar-refractivity contribution in [1.82, 2.24) is 5.32 Å². The summed E-state index contributed by atoms with van der Waals surface area (Å²) in [6.45, 7) is 5.63. The number of ether oxygens (including phenoxy) is 2. The first-order chi connectivity index (χ1) is 12.5. The quantitative estimate of drug-likeness (QED) is 0.393. The number of fused-ring (bicyclic) bond motifs is 1. The molecular weight excluding hydrogens is 357 g/mol. The minimum absolute atomic E-state index is 0.0451. The summed E-state index contributed by atoms with van der Waals surface area (Å²) in [4.78, 5) is 35.2. The van der Waals surface area contributed by atoms with Gasteiger partial charge in [-0.25, -0.2) is 4.79 Å². The zero-order valence-corrected chi connectivity index (χ0v) is 15.6. The number of hydrogen-bond donors (Lipinski definition) is 3. The summed E-state index contributed by atoms with van der Waals surface area (Å²) in [7, 11) is -1.41. The van der Waals surface area contributed by atoms with Crippen molar-refractivity contribution in [2.75, 3.05) is 6.79 Å². The van der Waals surface area contributed by atoms with Crippen LogP contribution in [0.25, 0.3) is 0 Å². The van der Waals surface area contributed by atoms with E-state index < -0.39 is 43.0 Å². The van der Waals surface area contributed by atoms with Gasteiger partial charge in [0.25, 0.3) is 0 Å². The monoisotopic (exact) mass is 379 g/mol. The van der Waals surface area contributed by atoms with E-state index >= 15 is 0 Å². The topological polar surface area (TPSA) is 131 Å². The lowest BCUT2D eigenvalue weighted by Gasteiger charge is -2.29. The van der Waals surface area contributed by atoms with Crippen LogP contribution in [-0.4, -0.2) is 47.8 Å². The van der Waals surface area contributed by atoms with Gasteiger partial charge in [-0.2, -0.15) is 0 Å². The summed E-state index contributed by atoms with van der Waals surface area (Å²) >= 11 is 0. The average molecular weight is 379 g/mol. The highest BCUT2D eigenvalue weighted by Gasteiger charge is 2.38. The predicted octanol–water partition coefficient (Wildman–Crippen LogP) is 0.555. The lowest BCUT2D eigenvalue weighted by molar-refractivity contribution is -0.161. The van der Waals surface area contributed by atoms with E-state index in [0.29, 0.717) is 5.56 Å². The van der Waals surface area contributed by atoms with E-state index in [-0.39, 0.29) is 23.6 Å². The zero-order valence-electron chi connectivity index (χ0n) is 15.6. The molecule has 1 aromatic carbocycles. The summed E-state index contributed by atoms with van der Waals surface area (Å²) in [6.07, 6.45) is 0.190. The molecule has 146 valence electrons. The smallest absolute Gasteiger partial charge is 0.534 e. The number of carbonyl (C=O) groups is 3. The average Bonchev–Trinajstić information content (AvgIpc) is 2.54. The van der Waals surface area contributed by atoms with Crippen LogP contribution in [0.1, 0.15) is 43.6 Å². The maximum Gasteiger partial charge on any atom is 0.547 e. The number of amides is 1. The van der Waals surface area contributed by atoms with E-state index in [1.165, 1.54) is 19.1 Å². The molecule has 9 nitrogen and oxygen atoms in total. The van der Waals surface area contributed by atoms with Crippen LogP contribution in [0.3, 0.4) is 0 Å². The molecular formula is C17H22BNO8. The van der Waals surface area contributed by atoms with E-state index in [0.717, 1.165) is 0 Å². The number of carbonyl (C=O) groups excluding carboxylic acids is 3. The van der Waals surface area contributed by atoms with Crippen molar-refractivity contribution in [2.24, 2.45) is 5.41 Å². The first-order valence-electron chi connectivity index (χ1n) is 8.31. The fourth-order valence-corrected chi connectivity index (χ4v) is 2.46. The molecule has 27 heavy (non-hydrogen) atoms. The number of nitrogens with one attached hydrogen (secondary N) is 1. The molecule has 0 aliphatic carbocycles. The van der Waals surface area contributed by atoms with Gasteiger partial charge < -0.3 is 29.6 Å². The van der Waals surface area contributed by atoms with Gasteiger partial charge in [0.1, 0.15) is 17.1 Å². The van der Waals surface area contributed by atoms with E-state index in [2.05, 4.69) is 5.32 Å². The third kappa shape index (κ3) is 4.91. The molecule has 1 amide bonds. The number of phenolic OH excluding ortho intramolecular Hbond substituents is 1. The van der Waals surface area contributed by atoms with Crippen LogP contribution >= 0.6 is 0 Å². The SMILES string of the molecule is CC(=O)NC1Cc2ccc(O)c(C(=O)OCOC(=O)C(C)(C)C)c2OB1O. The molecule has 0 fully saturated rings. The Morgan fingerprint density at radius 1 is 1.30 bits per heavy atom. The summed E-state index contributed by atoms with van der Waals surface area (Å²) in [5, 5.41) is 22.6. The maximum absolute atomic E-state index is 12.3. The normalized spacial score (nSPS) is 16.0. The van der Waals surface area contributed by atoms with Crippen LogP contribution in [0, 0.1) is 5.41 Å². The molecule has 0 spiro atoms. The van der Waals surface area contributed by atoms with Crippen molar-refractivity contribution >= 4 is 25.0 Å². The standard InChI is InChI=1S/C17H22BNO8/c1-9(20)19-12-7-10-5-6-11(21)13(14(10)27-18(12)24)15(22)25-8-26-16(23)17(2,3)4/h5-6,12,21,24H,7-8H2,1-4H3,(H,19,20). The van der Waals surface area contributed by atoms with Gasteiger partial charge in [0.15, 0.2) is 0 Å². The van der Waals surface area contributed by atoms with Crippen LogP contribution in [0.15, 0.2) is 12.1 Å². The summed E-state index contributed by atoms with van der Waals surface area (Å²) < 4.78 is 15.1. The largest absolute Gasteiger partial charge is 0.547 e. The molecule has 0 saturated carbocycles. The van der Waals surface area contributed by atoms with Gasteiger partial charge in [-0.1, -0.05) is 6.07 Å². The van der Waals surface area contributed by atoms with Gasteiger partial charge in [0.2, 0.25) is 12.7 Å². The lowest BCUT2D eigenvalue weighted by atomic mass is 9.72. The molecule has 0 aromatic heterocycles. The Morgan fingerprint density at radius 2 is 1.96 bits per heavy atom. The third-order valence-electron chi connectivity index (χ3n) is 3.83. The number of phenols is 1. The predicted molar refractivity (Wildman–Crippen MR) is 93.8 cm³/mol. The summed E-state index contributed by atoms with van der Waals surface area (Å²) in [6, 6.07) is 2.80. The number of hydrogen-bond acceptors (Lipinski definition) is 8. The molecule has 3 N–H and O–H groups in total. The number of aromatic hydroxyl groups is 1. The van der Waals surface area contributed by atoms with E-state index in [1.807, 2.05) is 0 Å². The second kappa shape index (κ2) is 7.87. The van der Waals surface area contributed by atoms with E-state index in [1.54, 1.807) is 20.8 Å². The molecule has 1 unspecified atom stereocenters. The van der Waals surface area contributed by atoms with Crippen molar-refractivity contribution in [3.63, 3.8) is 0 Å². The van der Waals surface area contributed by atoms with Crippen LogP contribution in [0.4, 0.5) is 0 Å². The Hall–Kier alpha value is -2.75. The van der Waals surface area contributed by atoms with Gasteiger partial charge in [0, 0.05) is 6.92 Å². The minimum Gasteiger partial charge on any atom is -0.534 e. The first-order valence-corrected chi connectivity index (χ1v) is 8.31. The summed E-state index contributed by atoms with van der Waals surface area (Å²) in [5.41, 5.74) is -0.554. The Morgan fingerprint density at radius 3 is 2.56 bits per heavy atom. The molecule has 1 aliphatic heterocycles. The van der Waals surface area contributed by atoms with Crippen LogP contribution in [0.5, 0.6) is 11.5 Å². The Balaban J connectivity index is 2.15. The molecule has 1 aromatic rings. The molecule has 1 aliphatic rings. The molecule has 2 rings (SSSR count). The van der Waals surface area contributed by atoms with Gasteiger partial charge in [-0.15, -0.1) is 0 Å². The second-order valence-electron chi connectivity index (χ2n) is 7.20. The van der Waals surface area contributed by atoms with Crippen molar-refractivity contribution in [2.45, 2.75) is 40.1 Å². The lowest BCUT2D eigenvalue weighted by Crippen LogP contribution is -2.52. The zero-order chi connectivity index (χ0) is 20.4. The fourth-order valence-electron chi connectivity index (χ4n) is 2.46. The molecule has 1 heterocycles. The molecule has 10 heteroatoms. The van der Waals surface area contributed by atoms with Gasteiger partial charge in [-0.3, -0.25) is 9.59 Å². The van der Waals surface area contributed by atoms with Crippen LogP contribution in [0.2, 0.25) is 0 Å². The van der Waals surface area contributed by atoms with Crippen molar-refractivity contribution in [3.8, 4) is 11.5 Å². The fraction of sp³-hybridized carbons (Fsp3) is 0.471. The number of rotatable bonds is 4. The number of benzene rings is 1. The third-order valence-corrected chi connectivity index (χ3v) is 3.83. The van der Waals surface area contributed by atoms with Crippen molar-refractivity contribution < 1.29 is 38.6 Å². The highest BCUT2D eigenvalue weighted by molar-refractivity contribution is 6.47. The Labute approximate surface area is 156 Å². The van der Waals surface area contributed by atoms with Gasteiger partial charge in [0.05, 0.1) is 11.4 Å².